The number of nitrogens with zero attached hydrogens (tertiary/aromatic N) is 3. The lowest BCUT2D eigenvalue weighted by Crippen LogP contribution is -1.99. The molecule has 0 spiro atoms. The van der Waals surface area contributed by atoms with E-state index in [1.807, 2.05) is 19.9 Å². The Bertz CT molecular complexity index is 513. The van der Waals surface area contributed by atoms with E-state index in [0.29, 0.717) is 11.2 Å². The van der Waals surface area contributed by atoms with Gasteiger partial charge in [0.2, 0.25) is 0 Å². The quantitative estimate of drug-likeness (QED) is 0.639. The van der Waals surface area contributed by atoms with Crippen molar-refractivity contribution in [1.29, 1.82) is 0 Å². The molecular weight excluding hydrogens is 178 g/mol. The first-order chi connectivity index (χ1) is 6.59. The zero-order valence-corrected chi connectivity index (χ0v) is 8.40. The van der Waals surface area contributed by atoms with Gasteiger partial charge in [0.05, 0.1) is 11.8 Å². The van der Waals surface area contributed by atoms with Crippen molar-refractivity contribution in [3.8, 4) is 0 Å². The highest BCUT2D eigenvalue weighted by Crippen LogP contribution is 2.11. The van der Waals surface area contributed by atoms with E-state index >= 15 is 0 Å². The highest BCUT2D eigenvalue weighted by molar-refractivity contribution is 5.99. The molecule has 0 aliphatic heterocycles. The van der Waals surface area contributed by atoms with E-state index in [1.165, 1.54) is 6.92 Å². The fourth-order valence-electron chi connectivity index (χ4n) is 1.52. The molecule has 0 aliphatic carbocycles. The Morgan fingerprint density at radius 1 is 1.43 bits per heavy atom. The van der Waals surface area contributed by atoms with E-state index < -0.39 is 0 Å². The summed E-state index contributed by atoms with van der Waals surface area (Å²) in [5, 5.41) is 4.11. The van der Waals surface area contributed by atoms with Gasteiger partial charge in [0.25, 0.3) is 0 Å². The van der Waals surface area contributed by atoms with Gasteiger partial charge in [-0.3, -0.25) is 4.79 Å². The molecule has 72 valence electrons. The highest BCUT2D eigenvalue weighted by Gasteiger charge is 2.10. The lowest BCUT2D eigenvalue weighted by Gasteiger charge is -2.00. The Balaban J connectivity index is 2.85. The van der Waals surface area contributed by atoms with Crippen molar-refractivity contribution in [1.82, 2.24) is 14.6 Å². The Hall–Kier alpha value is -1.71. The largest absolute Gasteiger partial charge is 0.294 e. The molecule has 0 bridgehead atoms. The molecule has 0 atom stereocenters. The minimum absolute atomic E-state index is 0.00231. The smallest absolute Gasteiger partial charge is 0.166 e. The normalized spacial score (nSPS) is 10.8. The minimum Gasteiger partial charge on any atom is -0.294 e. The summed E-state index contributed by atoms with van der Waals surface area (Å²) in [6, 6.07) is 1.93. The van der Waals surface area contributed by atoms with Crippen LogP contribution >= 0.6 is 0 Å². The third kappa shape index (κ3) is 1.19. The van der Waals surface area contributed by atoms with E-state index in [4.69, 9.17) is 0 Å². The van der Waals surface area contributed by atoms with Gasteiger partial charge in [-0.15, -0.1) is 0 Å². The first-order valence-corrected chi connectivity index (χ1v) is 4.42. The van der Waals surface area contributed by atoms with Crippen LogP contribution in [0.5, 0.6) is 0 Å². The van der Waals surface area contributed by atoms with Crippen molar-refractivity contribution in [2.75, 3.05) is 0 Å². The number of fused-ring (bicyclic) bond motifs is 1. The van der Waals surface area contributed by atoms with Gasteiger partial charge in [-0.2, -0.15) is 5.10 Å². The van der Waals surface area contributed by atoms with E-state index in [1.54, 1.807) is 10.7 Å². The van der Waals surface area contributed by atoms with E-state index in [9.17, 15) is 4.79 Å². The Kier molecular flexibility index (Phi) is 1.84. The maximum atomic E-state index is 11.2. The van der Waals surface area contributed by atoms with E-state index in [-0.39, 0.29) is 5.78 Å². The van der Waals surface area contributed by atoms with Crippen molar-refractivity contribution in [3.05, 3.63) is 29.2 Å². The molecule has 2 heterocycles. The van der Waals surface area contributed by atoms with Gasteiger partial charge in [0.1, 0.15) is 0 Å². The van der Waals surface area contributed by atoms with Gasteiger partial charge in [0, 0.05) is 11.4 Å². The van der Waals surface area contributed by atoms with Crippen LogP contribution in [-0.2, 0) is 0 Å². The average molecular weight is 189 g/mol. The minimum atomic E-state index is -0.00231. The summed E-state index contributed by atoms with van der Waals surface area (Å²) < 4.78 is 1.68. The Morgan fingerprint density at radius 3 is 2.79 bits per heavy atom. The number of aryl methyl sites for hydroxylation is 2. The number of carbonyl (C=O) groups excluding carboxylic acids is 1. The number of ketones is 1. The molecule has 0 fully saturated rings. The van der Waals surface area contributed by atoms with Crippen molar-refractivity contribution in [2.24, 2.45) is 0 Å². The van der Waals surface area contributed by atoms with Crippen LogP contribution in [0.25, 0.3) is 5.65 Å². The second kappa shape index (κ2) is 2.90. The molecule has 0 amide bonds. The molecule has 0 aromatic carbocycles. The Labute approximate surface area is 81.6 Å². The molecular formula is C10H11N3O. The van der Waals surface area contributed by atoms with Gasteiger partial charge in [-0.1, -0.05) is 0 Å². The molecule has 4 heteroatoms. The molecule has 0 saturated heterocycles. The number of Topliss-reactive ketones (excluding diaryl/α,β-unsaturated/α-hetero) is 1. The Morgan fingerprint density at radius 2 is 2.14 bits per heavy atom. The summed E-state index contributed by atoms with van der Waals surface area (Å²) in [6.07, 6.45) is 1.57. The SMILES string of the molecule is CC(=O)c1cnn2c(C)cc(C)nc12. The summed E-state index contributed by atoms with van der Waals surface area (Å²) in [5.74, 6) is -0.00231. The van der Waals surface area contributed by atoms with Gasteiger partial charge in [-0.05, 0) is 26.8 Å². The summed E-state index contributed by atoms with van der Waals surface area (Å²) in [5.41, 5.74) is 3.12. The molecule has 2 aromatic heterocycles. The van der Waals surface area contributed by atoms with Crippen LogP contribution in [0.4, 0.5) is 0 Å². The molecule has 14 heavy (non-hydrogen) atoms. The fraction of sp³-hybridized carbons (Fsp3) is 0.300. The van der Waals surface area contributed by atoms with Crippen LogP contribution in [0.2, 0.25) is 0 Å². The van der Waals surface area contributed by atoms with Gasteiger partial charge < -0.3 is 0 Å². The van der Waals surface area contributed by atoms with Crippen LogP contribution in [-0.4, -0.2) is 20.4 Å². The number of rotatable bonds is 1. The number of hydrogen-bond donors (Lipinski definition) is 0. The molecule has 4 nitrogen and oxygen atoms in total. The van der Waals surface area contributed by atoms with E-state index in [0.717, 1.165) is 11.4 Å². The molecule has 0 saturated carbocycles. The van der Waals surface area contributed by atoms with Crippen molar-refractivity contribution < 1.29 is 4.79 Å². The first-order valence-electron chi connectivity index (χ1n) is 4.42. The maximum absolute atomic E-state index is 11.2. The summed E-state index contributed by atoms with van der Waals surface area (Å²) >= 11 is 0. The predicted octanol–water partition coefficient (Wildman–Crippen LogP) is 1.55. The number of aromatic nitrogens is 3. The molecule has 0 unspecified atom stereocenters. The molecule has 0 N–H and O–H groups in total. The molecule has 2 rings (SSSR count). The predicted molar refractivity (Wildman–Crippen MR) is 52.5 cm³/mol. The van der Waals surface area contributed by atoms with Crippen LogP contribution in [0.15, 0.2) is 12.3 Å². The van der Waals surface area contributed by atoms with E-state index in [2.05, 4.69) is 10.1 Å². The lowest BCUT2D eigenvalue weighted by molar-refractivity contribution is 0.101. The monoisotopic (exact) mass is 189 g/mol. The zero-order valence-electron chi connectivity index (χ0n) is 8.40. The van der Waals surface area contributed by atoms with Gasteiger partial charge in [0.15, 0.2) is 11.4 Å². The van der Waals surface area contributed by atoms with Crippen LogP contribution in [0.1, 0.15) is 28.7 Å². The standard InChI is InChI=1S/C10H11N3O/c1-6-4-7(2)13-10(12-6)9(5-11-13)8(3)14/h4-5H,1-3H3. The first kappa shape index (κ1) is 8.87. The van der Waals surface area contributed by atoms with Crippen molar-refractivity contribution in [3.63, 3.8) is 0 Å². The molecule has 0 aliphatic rings. The third-order valence-electron chi connectivity index (χ3n) is 2.16. The second-order valence-electron chi connectivity index (χ2n) is 3.39. The van der Waals surface area contributed by atoms with Crippen molar-refractivity contribution in [2.45, 2.75) is 20.8 Å². The zero-order chi connectivity index (χ0) is 10.3. The van der Waals surface area contributed by atoms with Crippen molar-refractivity contribution >= 4 is 11.4 Å². The summed E-state index contributed by atoms with van der Waals surface area (Å²) in [6.45, 7) is 5.37. The lowest BCUT2D eigenvalue weighted by atomic mass is 10.2. The highest BCUT2D eigenvalue weighted by atomic mass is 16.1. The van der Waals surface area contributed by atoms with Crippen LogP contribution in [0, 0.1) is 13.8 Å². The summed E-state index contributed by atoms with van der Waals surface area (Å²) in [7, 11) is 0. The third-order valence-corrected chi connectivity index (χ3v) is 2.16. The topological polar surface area (TPSA) is 47.3 Å². The fourth-order valence-corrected chi connectivity index (χ4v) is 1.52. The molecule has 0 radical (unpaired) electrons. The summed E-state index contributed by atoms with van der Waals surface area (Å²) in [4.78, 5) is 15.5. The maximum Gasteiger partial charge on any atom is 0.166 e. The molecule has 2 aromatic rings. The number of carbonyl (C=O) groups is 1. The second-order valence-corrected chi connectivity index (χ2v) is 3.39. The average Bonchev–Trinajstić information content (AvgIpc) is 2.47. The van der Waals surface area contributed by atoms with Crippen LogP contribution < -0.4 is 0 Å². The van der Waals surface area contributed by atoms with Crippen LogP contribution in [0.3, 0.4) is 0 Å². The number of hydrogen-bond acceptors (Lipinski definition) is 3. The van der Waals surface area contributed by atoms with Gasteiger partial charge in [-0.25, -0.2) is 9.50 Å². The van der Waals surface area contributed by atoms with Gasteiger partial charge >= 0.3 is 0 Å².